The van der Waals surface area contributed by atoms with Gasteiger partial charge in [-0.05, 0) is 42.6 Å². The van der Waals surface area contributed by atoms with Crippen molar-refractivity contribution in [1.82, 2.24) is 10.4 Å². The average Bonchev–Trinajstić information content (AvgIpc) is 2.77. The maximum absolute atomic E-state index is 13.6. The van der Waals surface area contributed by atoms with E-state index in [1.165, 1.54) is 6.08 Å². The minimum absolute atomic E-state index is 0.0723. The summed E-state index contributed by atoms with van der Waals surface area (Å²) in [6.45, 7) is 11.7. The zero-order valence-electron chi connectivity index (χ0n) is 21.2. The van der Waals surface area contributed by atoms with E-state index in [9.17, 15) is 19.2 Å². The minimum atomic E-state index is -0.936. The van der Waals surface area contributed by atoms with Gasteiger partial charge < -0.3 is 10.1 Å². The zero-order chi connectivity index (χ0) is 25.7. The smallest absolute Gasteiger partial charge is 0.269 e. The normalized spacial score (nSPS) is 13.8. The molecule has 0 spiro atoms. The van der Waals surface area contributed by atoms with Crippen LogP contribution in [0.3, 0.4) is 0 Å². The molecule has 2 amide bonds. The van der Waals surface area contributed by atoms with Crippen LogP contribution in [0.15, 0.2) is 35.3 Å². The largest absolute Gasteiger partial charge is 0.342 e. The molecular formula is C26H39N3O5. The molecule has 34 heavy (non-hydrogen) atoms. The predicted molar refractivity (Wildman–Crippen MR) is 130 cm³/mol. The summed E-state index contributed by atoms with van der Waals surface area (Å²) in [7, 11) is 0. The summed E-state index contributed by atoms with van der Waals surface area (Å²) in [5.74, 6) is -0.701. The molecule has 0 saturated heterocycles. The molecule has 8 nitrogen and oxygen atoms in total. The van der Waals surface area contributed by atoms with Crippen molar-refractivity contribution < 1.29 is 24.0 Å². The van der Waals surface area contributed by atoms with Crippen LogP contribution >= 0.6 is 0 Å². The Morgan fingerprint density at radius 2 is 1.59 bits per heavy atom. The molecule has 188 valence electrons. The lowest BCUT2D eigenvalue weighted by atomic mass is 9.99. The fourth-order valence-corrected chi connectivity index (χ4v) is 3.57. The highest BCUT2D eigenvalue weighted by Gasteiger charge is 2.34. The van der Waals surface area contributed by atoms with Crippen molar-refractivity contribution in [2.45, 2.75) is 85.5 Å². The van der Waals surface area contributed by atoms with Crippen LogP contribution in [0, 0.1) is 17.8 Å². The minimum Gasteiger partial charge on any atom is -0.342 e. The van der Waals surface area contributed by atoms with Gasteiger partial charge in [0.25, 0.3) is 5.91 Å². The first kappa shape index (κ1) is 29.2. The van der Waals surface area contributed by atoms with Crippen molar-refractivity contribution >= 4 is 24.2 Å². The Balaban J connectivity index is 3.21. The third kappa shape index (κ3) is 10.4. The lowest BCUT2D eigenvalue weighted by Gasteiger charge is -2.32. The number of hydrogen-bond acceptors (Lipinski definition) is 6. The van der Waals surface area contributed by atoms with Gasteiger partial charge in [-0.1, -0.05) is 71.9 Å². The summed E-state index contributed by atoms with van der Waals surface area (Å²) in [5, 5.41) is 3.86. The summed E-state index contributed by atoms with van der Waals surface area (Å²) in [5.41, 5.74) is 0.844. The highest BCUT2D eigenvalue weighted by molar-refractivity contribution is 5.90. The number of carbonyl (C=O) groups excluding carboxylic acids is 4. The molecule has 0 heterocycles. The molecular weight excluding hydrogens is 434 g/mol. The first-order chi connectivity index (χ1) is 16.1. The number of amides is 2. The molecule has 0 radical (unpaired) electrons. The monoisotopic (exact) mass is 473 g/mol. The van der Waals surface area contributed by atoms with Crippen molar-refractivity contribution in [2.75, 3.05) is 0 Å². The topological polar surface area (TPSA) is 105 Å². The van der Waals surface area contributed by atoms with Crippen LogP contribution in [-0.2, 0) is 30.6 Å². The van der Waals surface area contributed by atoms with Crippen molar-refractivity contribution in [1.29, 1.82) is 0 Å². The Kier molecular flexibility index (Phi) is 13.0. The Hall–Kier alpha value is -2.83. The quantitative estimate of drug-likeness (QED) is 0.180. The van der Waals surface area contributed by atoms with Gasteiger partial charge >= 0.3 is 0 Å². The maximum atomic E-state index is 13.6. The molecule has 0 aromatic heterocycles. The molecule has 1 aromatic rings. The summed E-state index contributed by atoms with van der Waals surface area (Å²) >= 11 is 0. The number of nitrogens with zero attached hydrogens (tertiary/aromatic N) is 2. The number of hydroxylamine groups is 2. The zero-order valence-corrected chi connectivity index (χ0v) is 21.2. The third-order valence-corrected chi connectivity index (χ3v) is 5.13. The van der Waals surface area contributed by atoms with Crippen LogP contribution in [0.2, 0.25) is 0 Å². The Morgan fingerprint density at radius 3 is 2.09 bits per heavy atom. The second-order valence-electron chi connectivity index (χ2n) is 9.81. The first-order valence-corrected chi connectivity index (χ1v) is 11.9. The van der Waals surface area contributed by atoms with Crippen molar-refractivity contribution in [2.24, 2.45) is 22.7 Å². The SMILES string of the molecule is CC(C)C[C@H](N=C=O)C(=O)N[C@@H](CC(C)C)C(=O)N(OCc1ccccc1)[C@@H](C=O)CC(C)C. The van der Waals surface area contributed by atoms with Crippen molar-refractivity contribution in [3.05, 3.63) is 35.9 Å². The summed E-state index contributed by atoms with van der Waals surface area (Å²) in [6, 6.07) is 6.65. The molecule has 1 N–H and O–H groups in total. The number of isocyanates is 1. The Bertz CT molecular complexity index is 819. The van der Waals surface area contributed by atoms with E-state index in [0.717, 1.165) is 10.6 Å². The standard InChI is InChI=1S/C26H39N3O5/c1-18(2)12-22(15-30)29(34-16-21-10-8-7-9-11-21)26(33)24(14-20(5)6)28-25(32)23(27-17-31)13-19(3)4/h7-11,15,18-20,22-24H,12-14,16H2,1-6H3,(H,28,32)/t22-,23+,24+/m1/s1. The lowest BCUT2D eigenvalue weighted by Crippen LogP contribution is -2.54. The fraction of sp³-hybridized carbons (Fsp3) is 0.615. The van der Waals surface area contributed by atoms with E-state index < -0.39 is 29.9 Å². The fourth-order valence-electron chi connectivity index (χ4n) is 3.57. The summed E-state index contributed by atoms with van der Waals surface area (Å²) in [6.07, 6.45) is 3.26. The highest BCUT2D eigenvalue weighted by atomic mass is 16.7. The molecule has 1 aromatic carbocycles. The first-order valence-electron chi connectivity index (χ1n) is 11.9. The predicted octanol–water partition coefficient (Wildman–Crippen LogP) is 3.84. The van der Waals surface area contributed by atoms with Gasteiger partial charge in [-0.2, -0.15) is 4.99 Å². The van der Waals surface area contributed by atoms with Gasteiger partial charge in [0.2, 0.25) is 12.0 Å². The molecule has 8 heteroatoms. The molecule has 0 saturated carbocycles. The van der Waals surface area contributed by atoms with Crippen LogP contribution in [-0.4, -0.2) is 47.4 Å². The molecule has 0 fully saturated rings. The number of aliphatic imine (C=N–C) groups is 1. The van der Waals surface area contributed by atoms with Gasteiger partial charge in [0.15, 0.2) is 0 Å². The summed E-state index contributed by atoms with van der Waals surface area (Å²) in [4.78, 5) is 58.9. The number of nitrogens with one attached hydrogen (secondary N) is 1. The number of carbonyl (C=O) groups is 3. The van der Waals surface area contributed by atoms with Gasteiger partial charge in [-0.25, -0.2) is 9.86 Å². The van der Waals surface area contributed by atoms with Crippen molar-refractivity contribution in [3.8, 4) is 0 Å². The van der Waals surface area contributed by atoms with Gasteiger partial charge in [0.05, 0.1) is 0 Å². The second-order valence-corrected chi connectivity index (χ2v) is 9.81. The molecule has 0 aliphatic rings. The number of hydrogen-bond donors (Lipinski definition) is 1. The van der Waals surface area contributed by atoms with Crippen LogP contribution < -0.4 is 5.32 Å². The molecule has 0 aliphatic heterocycles. The Morgan fingerprint density at radius 1 is 1.00 bits per heavy atom. The Labute approximate surface area is 203 Å². The summed E-state index contributed by atoms with van der Waals surface area (Å²) < 4.78 is 0. The van der Waals surface area contributed by atoms with Crippen LogP contribution in [0.4, 0.5) is 0 Å². The number of benzene rings is 1. The van der Waals surface area contributed by atoms with Crippen LogP contribution in [0.1, 0.15) is 66.4 Å². The number of rotatable bonds is 15. The van der Waals surface area contributed by atoms with E-state index in [4.69, 9.17) is 4.84 Å². The van der Waals surface area contributed by atoms with E-state index in [1.54, 1.807) is 0 Å². The molecule has 1 rings (SSSR count). The van der Waals surface area contributed by atoms with E-state index >= 15 is 0 Å². The van der Waals surface area contributed by atoms with E-state index in [2.05, 4.69) is 10.3 Å². The number of aldehydes is 1. The lowest BCUT2D eigenvalue weighted by molar-refractivity contribution is -0.208. The maximum Gasteiger partial charge on any atom is 0.269 e. The third-order valence-electron chi connectivity index (χ3n) is 5.13. The highest BCUT2D eigenvalue weighted by Crippen LogP contribution is 2.18. The van der Waals surface area contributed by atoms with Crippen molar-refractivity contribution in [3.63, 3.8) is 0 Å². The van der Waals surface area contributed by atoms with Gasteiger partial charge in [0.1, 0.15) is 31.0 Å². The molecule has 0 aliphatic carbocycles. The van der Waals surface area contributed by atoms with Crippen LogP contribution in [0.25, 0.3) is 0 Å². The van der Waals surface area contributed by atoms with Gasteiger partial charge in [-0.15, -0.1) is 0 Å². The second kappa shape index (κ2) is 15.1. The van der Waals surface area contributed by atoms with Gasteiger partial charge in [0, 0.05) is 0 Å². The molecule has 0 bridgehead atoms. The molecule has 3 atom stereocenters. The van der Waals surface area contributed by atoms with E-state index in [-0.39, 0.29) is 24.4 Å². The average molecular weight is 474 g/mol. The van der Waals surface area contributed by atoms with Gasteiger partial charge in [-0.3, -0.25) is 14.4 Å². The molecule has 0 unspecified atom stereocenters. The van der Waals surface area contributed by atoms with Crippen LogP contribution in [0.5, 0.6) is 0 Å². The van der Waals surface area contributed by atoms with E-state index in [0.29, 0.717) is 25.5 Å². The van der Waals surface area contributed by atoms with E-state index in [1.807, 2.05) is 71.9 Å².